The molecule has 2 atom stereocenters. The maximum atomic E-state index is 4.39. The number of aliphatic imine (C=N–C) groups is 1. The topological polar surface area (TPSA) is 57.5 Å². The SMILES string of the molecule is CCN(CC)C(CNC(=NC)NCC(C)Cn1cccn1)c1ccccc1. The summed E-state index contributed by atoms with van der Waals surface area (Å²) in [7, 11) is 1.82. The zero-order chi connectivity index (χ0) is 19.5. The van der Waals surface area contributed by atoms with Crippen molar-refractivity contribution in [3.05, 3.63) is 54.4 Å². The number of benzene rings is 1. The molecule has 0 radical (unpaired) electrons. The van der Waals surface area contributed by atoms with Gasteiger partial charge in [0, 0.05) is 39.1 Å². The Morgan fingerprint density at radius 2 is 1.81 bits per heavy atom. The largest absolute Gasteiger partial charge is 0.356 e. The minimum Gasteiger partial charge on any atom is -0.356 e. The zero-order valence-corrected chi connectivity index (χ0v) is 17.1. The molecule has 1 aromatic carbocycles. The van der Waals surface area contributed by atoms with Gasteiger partial charge in [0.05, 0.1) is 6.04 Å². The average molecular weight is 371 g/mol. The molecule has 2 aromatic rings. The second-order valence-corrected chi connectivity index (χ2v) is 6.81. The molecule has 0 spiro atoms. The van der Waals surface area contributed by atoms with Gasteiger partial charge in [0.1, 0.15) is 0 Å². The van der Waals surface area contributed by atoms with Crippen LogP contribution in [-0.2, 0) is 6.54 Å². The molecule has 0 saturated carbocycles. The van der Waals surface area contributed by atoms with E-state index >= 15 is 0 Å². The molecular formula is C21H34N6. The Hall–Kier alpha value is -2.34. The molecular weight excluding hydrogens is 336 g/mol. The van der Waals surface area contributed by atoms with Crippen LogP contribution < -0.4 is 10.6 Å². The Bertz CT molecular complexity index is 649. The molecule has 0 bridgehead atoms. The molecule has 0 amide bonds. The van der Waals surface area contributed by atoms with Gasteiger partial charge in [-0.3, -0.25) is 14.6 Å². The van der Waals surface area contributed by atoms with Crippen molar-refractivity contribution in [1.82, 2.24) is 25.3 Å². The van der Waals surface area contributed by atoms with Gasteiger partial charge >= 0.3 is 0 Å². The highest BCUT2D eigenvalue weighted by Gasteiger charge is 2.18. The van der Waals surface area contributed by atoms with Crippen molar-refractivity contribution in [2.45, 2.75) is 33.4 Å². The lowest BCUT2D eigenvalue weighted by Crippen LogP contribution is -2.44. The molecule has 2 rings (SSSR count). The Morgan fingerprint density at radius 3 is 2.41 bits per heavy atom. The van der Waals surface area contributed by atoms with Crippen molar-refractivity contribution in [2.24, 2.45) is 10.9 Å². The van der Waals surface area contributed by atoms with Crippen LogP contribution in [-0.4, -0.2) is 53.9 Å². The molecule has 6 heteroatoms. The molecule has 2 unspecified atom stereocenters. The summed E-state index contributed by atoms with van der Waals surface area (Å²) in [6, 6.07) is 13.0. The van der Waals surface area contributed by atoms with Crippen LogP contribution in [0.25, 0.3) is 0 Å². The number of guanidine groups is 1. The van der Waals surface area contributed by atoms with Gasteiger partial charge in [-0.05, 0) is 30.6 Å². The lowest BCUT2D eigenvalue weighted by molar-refractivity contribution is 0.219. The number of hydrogen-bond donors (Lipinski definition) is 2. The maximum absolute atomic E-state index is 4.39. The molecule has 1 aromatic heterocycles. The summed E-state index contributed by atoms with van der Waals surface area (Å²) in [5.41, 5.74) is 1.33. The molecule has 6 nitrogen and oxygen atoms in total. The summed E-state index contributed by atoms with van der Waals surface area (Å²) in [4.78, 5) is 6.86. The van der Waals surface area contributed by atoms with Crippen LogP contribution in [0.2, 0.25) is 0 Å². The van der Waals surface area contributed by atoms with Crippen LogP contribution >= 0.6 is 0 Å². The van der Waals surface area contributed by atoms with Crippen LogP contribution in [0.3, 0.4) is 0 Å². The van der Waals surface area contributed by atoms with E-state index in [9.17, 15) is 0 Å². The van der Waals surface area contributed by atoms with Crippen molar-refractivity contribution >= 4 is 5.96 Å². The molecule has 0 fully saturated rings. The summed E-state index contributed by atoms with van der Waals surface area (Å²) in [6.07, 6.45) is 3.82. The summed E-state index contributed by atoms with van der Waals surface area (Å²) in [5, 5.41) is 11.2. The van der Waals surface area contributed by atoms with E-state index in [0.717, 1.165) is 38.7 Å². The Labute approximate surface area is 163 Å². The molecule has 0 aliphatic rings. The quantitative estimate of drug-likeness (QED) is 0.499. The van der Waals surface area contributed by atoms with E-state index in [-0.39, 0.29) is 0 Å². The number of hydrogen-bond acceptors (Lipinski definition) is 3. The smallest absolute Gasteiger partial charge is 0.191 e. The Balaban J connectivity index is 1.89. The van der Waals surface area contributed by atoms with Gasteiger partial charge in [0.15, 0.2) is 5.96 Å². The minimum absolute atomic E-state index is 0.321. The van der Waals surface area contributed by atoms with Gasteiger partial charge in [-0.15, -0.1) is 0 Å². The normalized spacial score (nSPS) is 14.2. The molecule has 27 heavy (non-hydrogen) atoms. The third kappa shape index (κ3) is 6.71. The fourth-order valence-corrected chi connectivity index (χ4v) is 3.27. The predicted octanol–water partition coefficient (Wildman–Crippen LogP) is 2.77. The first-order valence-corrected chi connectivity index (χ1v) is 9.88. The Morgan fingerprint density at radius 1 is 1.11 bits per heavy atom. The first-order valence-electron chi connectivity index (χ1n) is 9.88. The van der Waals surface area contributed by atoms with E-state index in [1.807, 2.05) is 30.2 Å². The lowest BCUT2D eigenvalue weighted by Gasteiger charge is -2.31. The first-order chi connectivity index (χ1) is 13.2. The molecule has 148 valence electrons. The van der Waals surface area contributed by atoms with Crippen molar-refractivity contribution in [3.8, 4) is 0 Å². The number of nitrogens with one attached hydrogen (secondary N) is 2. The van der Waals surface area contributed by atoms with Crippen LogP contribution in [0.4, 0.5) is 0 Å². The minimum atomic E-state index is 0.321. The van der Waals surface area contributed by atoms with Crippen LogP contribution in [0.15, 0.2) is 53.8 Å². The third-order valence-corrected chi connectivity index (χ3v) is 4.80. The molecule has 0 aliphatic carbocycles. The van der Waals surface area contributed by atoms with E-state index in [2.05, 4.69) is 76.7 Å². The molecule has 1 heterocycles. The van der Waals surface area contributed by atoms with E-state index < -0.39 is 0 Å². The average Bonchev–Trinajstić information content (AvgIpc) is 3.21. The van der Waals surface area contributed by atoms with Gasteiger partial charge in [0.2, 0.25) is 0 Å². The number of rotatable bonds is 10. The van der Waals surface area contributed by atoms with Gasteiger partial charge in [-0.25, -0.2) is 0 Å². The lowest BCUT2D eigenvalue weighted by atomic mass is 10.1. The summed E-state index contributed by atoms with van der Waals surface area (Å²) >= 11 is 0. The van der Waals surface area contributed by atoms with Gasteiger partial charge < -0.3 is 10.6 Å². The van der Waals surface area contributed by atoms with E-state index in [1.165, 1.54) is 5.56 Å². The molecule has 0 aliphatic heterocycles. The number of aromatic nitrogens is 2. The second-order valence-electron chi connectivity index (χ2n) is 6.81. The molecule has 2 N–H and O–H groups in total. The summed E-state index contributed by atoms with van der Waals surface area (Å²) in [6.45, 7) is 11.2. The fraction of sp³-hybridized carbons (Fsp3) is 0.524. The second kappa shape index (κ2) is 11.4. The number of nitrogens with zero attached hydrogens (tertiary/aromatic N) is 4. The highest BCUT2D eigenvalue weighted by atomic mass is 15.3. The van der Waals surface area contributed by atoms with Gasteiger partial charge in [-0.2, -0.15) is 5.10 Å². The van der Waals surface area contributed by atoms with Gasteiger partial charge in [0.25, 0.3) is 0 Å². The van der Waals surface area contributed by atoms with Crippen LogP contribution in [0.1, 0.15) is 32.4 Å². The highest BCUT2D eigenvalue weighted by molar-refractivity contribution is 5.79. The van der Waals surface area contributed by atoms with Crippen LogP contribution in [0.5, 0.6) is 0 Å². The maximum Gasteiger partial charge on any atom is 0.191 e. The highest BCUT2D eigenvalue weighted by Crippen LogP contribution is 2.19. The van der Waals surface area contributed by atoms with E-state index in [0.29, 0.717) is 12.0 Å². The zero-order valence-electron chi connectivity index (χ0n) is 17.1. The van der Waals surface area contributed by atoms with Gasteiger partial charge in [-0.1, -0.05) is 51.1 Å². The van der Waals surface area contributed by atoms with E-state index in [4.69, 9.17) is 0 Å². The predicted molar refractivity (Wildman–Crippen MR) is 113 cm³/mol. The summed E-state index contributed by atoms with van der Waals surface area (Å²) < 4.78 is 1.97. The monoisotopic (exact) mass is 370 g/mol. The summed E-state index contributed by atoms with van der Waals surface area (Å²) in [5.74, 6) is 1.30. The van der Waals surface area contributed by atoms with Crippen LogP contribution in [0, 0.1) is 5.92 Å². The van der Waals surface area contributed by atoms with E-state index in [1.54, 1.807) is 0 Å². The Kier molecular flexibility index (Phi) is 8.84. The van der Waals surface area contributed by atoms with Crippen molar-refractivity contribution in [3.63, 3.8) is 0 Å². The fourth-order valence-electron chi connectivity index (χ4n) is 3.27. The molecule has 0 saturated heterocycles. The van der Waals surface area contributed by atoms with Crippen molar-refractivity contribution in [1.29, 1.82) is 0 Å². The van der Waals surface area contributed by atoms with Crippen molar-refractivity contribution in [2.75, 3.05) is 33.2 Å². The number of likely N-dealkylation sites (N-methyl/N-ethyl adjacent to an activating group) is 1. The third-order valence-electron chi connectivity index (χ3n) is 4.80. The van der Waals surface area contributed by atoms with Crippen molar-refractivity contribution < 1.29 is 0 Å². The standard InChI is InChI=1S/C21H34N6/c1-5-26(6-2)20(19-11-8-7-9-12-19)16-24-21(22-4)23-15-18(3)17-27-14-10-13-25-27/h7-14,18,20H,5-6,15-17H2,1-4H3,(H2,22,23,24). The first kappa shape index (κ1) is 21.0.